The first-order valence-corrected chi connectivity index (χ1v) is 20.5. The molecule has 3 heterocycles. The molecule has 0 fully saturated rings. The Morgan fingerprint density at radius 2 is 1.19 bits per heavy atom. The highest BCUT2D eigenvalue weighted by atomic mass is 15.3. The van der Waals surface area contributed by atoms with Crippen molar-refractivity contribution in [1.29, 1.82) is 5.41 Å². The van der Waals surface area contributed by atoms with E-state index in [9.17, 15) is 0 Å². The molecular formula is C54H37N8+. The fraction of sp³-hybridized carbons (Fsp3) is 0.0185. The number of aliphatic imine (C=N–C) groups is 2. The van der Waals surface area contributed by atoms with Gasteiger partial charge in [-0.25, -0.2) is 9.98 Å². The minimum atomic E-state index is -0.171. The van der Waals surface area contributed by atoms with Crippen molar-refractivity contribution in [2.45, 2.75) is 6.04 Å². The average Bonchev–Trinajstić information content (AvgIpc) is 3.68. The molecule has 0 saturated heterocycles. The third kappa shape index (κ3) is 6.66. The van der Waals surface area contributed by atoms with Crippen LogP contribution in [0.3, 0.4) is 0 Å². The van der Waals surface area contributed by atoms with Crippen molar-refractivity contribution in [3.05, 3.63) is 229 Å². The Labute approximate surface area is 358 Å². The SMILES string of the molecule is N=C(N=C(N=Cc1ccc2c(c1)c1cccc3c1n2C1C=CC(c2ccccc2)=CC1=[N+]3c1nc(-c2ccccc2)nc(-c2ccccc2)n1)c1ccccc1)c1ccccc1. The standard InChI is InChI=1S/C54H37N8/c55-50(38-19-8-2-9-20-38)57-51(39-21-10-3-11-22-39)56-35-36-29-31-45-44(33-36)43-27-16-28-47-49(43)61(45)46-32-30-42(37-17-6-1-7-18-37)34-48(46)62(47)54-59-52(40-23-12-4-13-24-40)58-53(60-54)41-25-14-5-15-26-41/h1-35,46,55H/q+1. The zero-order valence-electron chi connectivity index (χ0n) is 33.4. The highest BCUT2D eigenvalue weighted by molar-refractivity contribution is 6.20. The lowest BCUT2D eigenvalue weighted by molar-refractivity contribution is 0.769. The lowest BCUT2D eigenvalue weighted by atomic mass is 9.93. The van der Waals surface area contributed by atoms with E-state index < -0.39 is 0 Å². The highest BCUT2D eigenvalue weighted by Crippen LogP contribution is 2.44. The molecule has 2 aliphatic rings. The summed E-state index contributed by atoms with van der Waals surface area (Å²) >= 11 is 0. The third-order valence-electron chi connectivity index (χ3n) is 11.3. The summed E-state index contributed by atoms with van der Waals surface area (Å²) in [6.07, 6.45) is 8.64. The Morgan fingerprint density at radius 3 is 1.84 bits per heavy atom. The smallest absolute Gasteiger partial charge is 0.323 e. The molecule has 0 saturated carbocycles. The molecule has 8 heteroatoms. The molecule has 9 aromatic rings. The van der Waals surface area contributed by atoms with Crippen LogP contribution in [0.15, 0.2) is 216 Å². The molecule has 62 heavy (non-hydrogen) atoms. The summed E-state index contributed by atoms with van der Waals surface area (Å²) in [4.78, 5) is 25.2. The van der Waals surface area contributed by atoms with E-state index in [0.29, 0.717) is 23.4 Å². The molecule has 0 bridgehead atoms. The maximum atomic E-state index is 8.77. The second-order valence-electron chi connectivity index (χ2n) is 15.1. The topological polar surface area (TPSA) is 95.2 Å². The van der Waals surface area contributed by atoms with Crippen molar-refractivity contribution in [3.63, 3.8) is 0 Å². The molecule has 2 aromatic heterocycles. The van der Waals surface area contributed by atoms with Crippen LogP contribution in [0, 0.1) is 5.41 Å². The predicted molar refractivity (Wildman–Crippen MR) is 253 cm³/mol. The number of hydrogen-bond acceptors (Lipinski definition) is 4. The van der Waals surface area contributed by atoms with Crippen LogP contribution in [-0.4, -0.2) is 43.1 Å². The first kappa shape index (κ1) is 36.6. The number of allylic oxidation sites excluding steroid dienone is 4. The van der Waals surface area contributed by atoms with E-state index in [-0.39, 0.29) is 11.9 Å². The molecule has 1 aliphatic heterocycles. The fourth-order valence-corrected chi connectivity index (χ4v) is 8.38. The minimum Gasteiger partial charge on any atom is -0.323 e. The van der Waals surface area contributed by atoms with Crippen molar-refractivity contribution in [1.82, 2.24) is 24.1 Å². The molecule has 1 atom stereocenters. The molecule has 1 unspecified atom stereocenters. The summed E-state index contributed by atoms with van der Waals surface area (Å²) < 4.78 is 4.67. The summed E-state index contributed by atoms with van der Waals surface area (Å²) in [5, 5.41) is 11.0. The van der Waals surface area contributed by atoms with Gasteiger partial charge in [-0.3, -0.25) is 5.41 Å². The normalized spacial score (nSPS) is 14.7. The van der Waals surface area contributed by atoms with Gasteiger partial charge in [-0.1, -0.05) is 158 Å². The van der Waals surface area contributed by atoms with Gasteiger partial charge >= 0.3 is 5.95 Å². The van der Waals surface area contributed by atoms with Crippen molar-refractivity contribution in [2.24, 2.45) is 9.98 Å². The maximum Gasteiger partial charge on any atom is 0.442 e. The van der Waals surface area contributed by atoms with Gasteiger partial charge in [-0.05, 0) is 75.2 Å². The first-order valence-electron chi connectivity index (χ1n) is 20.5. The van der Waals surface area contributed by atoms with Crippen LogP contribution >= 0.6 is 0 Å². The van der Waals surface area contributed by atoms with Gasteiger partial charge in [-0.2, -0.15) is 9.56 Å². The van der Waals surface area contributed by atoms with Gasteiger partial charge in [0.25, 0.3) is 0 Å². The van der Waals surface area contributed by atoms with Gasteiger partial charge in [0.05, 0.1) is 11.0 Å². The summed E-state index contributed by atoms with van der Waals surface area (Å²) in [6.45, 7) is 0. The predicted octanol–water partition coefficient (Wildman–Crippen LogP) is 11.7. The quantitative estimate of drug-likeness (QED) is 0.0988. The van der Waals surface area contributed by atoms with Crippen molar-refractivity contribution in [2.75, 3.05) is 0 Å². The maximum absolute atomic E-state index is 8.77. The molecule has 1 N–H and O–H groups in total. The van der Waals surface area contributed by atoms with Crippen molar-refractivity contribution in [3.8, 4) is 22.8 Å². The molecule has 7 aromatic carbocycles. The number of para-hydroxylation sites is 1. The van der Waals surface area contributed by atoms with Gasteiger partial charge in [0.1, 0.15) is 17.4 Å². The van der Waals surface area contributed by atoms with Crippen LogP contribution in [0.5, 0.6) is 0 Å². The van der Waals surface area contributed by atoms with Crippen LogP contribution < -0.4 is 4.58 Å². The van der Waals surface area contributed by atoms with Crippen LogP contribution in [-0.2, 0) is 0 Å². The van der Waals surface area contributed by atoms with E-state index in [4.69, 9.17) is 30.3 Å². The van der Waals surface area contributed by atoms with E-state index in [1.807, 2.05) is 134 Å². The van der Waals surface area contributed by atoms with Gasteiger partial charge in [-0.15, -0.1) is 0 Å². The molecular weight excluding hydrogens is 761 g/mol. The molecule has 8 nitrogen and oxygen atoms in total. The third-order valence-corrected chi connectivity index (χ3v) is 11.3. The van der Waals surface area contributed by atoms with E-state index in [0.717, 1.165) is 72.2 Å². The number of nitrogens with zero attached hydrogens (tertiary/aromatic N) is 7. The number of hydrogen-bond donors (Lipinski definition) is 1. The Hall–Kier alpha value is -8.49. The van der Waals surface area contributed by atoms with Gasteiger partial charge in [0.15, 0.2) is 11.7 Å². The average molecular weight is 798 g/mol. The monoisotopic (exact) mass is 797 g/mol. The minimum absolute atomic E-state index is 0.151. The fourth-order valence-electron chi connectivity index (χ4n) is 8.38. The Bertz CT molecular complexity index is 3270. The summed E-state index contributed by atoms with van der Waals surface area (Å²) in [5.74, 6) is 2.36. The molecule has 11 rings (SSSR count). The summed E-state index contributed by atoms with van der Waals surface area (Å²) in [7, 11) is 0. The highest BCUT2D eigenvalue weighted by Gasteiger charge is 2.37. The second kappa shape index (κ2) is 15.6. The van der Waals surface area contributed by atoms with Crippen LogP contribution in [0.1, 0.15) is 28.3 Å². The van der Waals surface area contributed by atoms with Crippen LogP contribution in [0.25, 0.3) is 50.2 Å². The lowest BCUT2D eigenvalue weighted by Gasteiger charge is -2.29. The van der Waals surface area contributed by atoms with E-state index in [1.54, 1.807) is 0 Å². The van der Waals surface area contributed by atoms with Gasteiger partial charge < -0.3 is 4.57 Å². The number of fused-ring (bicyclic) bond motifs is 5. The summed E-state index contributed by atoms with van der Waals surface area (Å²) in [5.41, 5.74) is 10.7. The Balaban J connectivity index is 1.10. The van der Waals surface area contributed by atoms with Crippen molar-refractivity contribution >= 4 is 62.6 Å². The van der Waals surface area contributed by atoms with Gasteiger partial charge in [0, 0.05) is 39.2 Å². The van der Waals surface area contributed by atoms with Crippen LogP contribution in [0.2, 0.25) is 0 Å². The van der Waals surface area contributed by atoms with E-state index in [1.165, 1.54) is 0 Å². The van der Waals surface area contributed by atoms with E-state index >= 15 is 0 Å². The Kier molecular flexibility index (Phi) is 9.20. The number of rotatable bonds is 7. The van der Waals surface area contributed by atoms with Crippen LogP contribution in [0.4, 0.5) is 11.6 Å². The molecule has 0 radical (unpaired) electrons. The molecule has 1 aliphatic carbocycles. The largest absolute Gasteiger partial charge is 0.442 e. The molecule has 0 amide bonds. The number of amidine groups is 2. The van der Waals surface area contributed by atoms with Gasteiger partial charge in [0.2, 0.25) is 11.6 Å². The first-order chi connectivity index (χ1) is 30.7. The van der Waals surface area contributed by atoms with E-state index in [2.05, 4.69) is 88.0 Å². The molecule has 0 spiro atoms. The number of aromatic nitrogens is 4. The zero-order chi connectivity index (χ0) is 41.4. The number of benzene rings is 7. The Morgan fingerprint density at radius 1 is 0.597 bits per heavy atom. The zero-order valence-corrected chi connectivity index (χ0v) is 33.4. The summed E-state index contributed by atoms with van der Waals surface area (Å²) in [6, 6.07) is 62.8. The molecule has 292 valence electrons. The second-order valence-corrected chi connectivity index (χ2v) is 15.1. The van der Waals surface area contributed by atoms with Crippen molar-refractivity contribution < 1.29 is 0 Å². The number of nitrogens with one attached hydrogen (secondary N) is 1. The lowest BCUT2D eigenvalue weighted by Crippen LogP contribution is -2.32.